The second-order valence-corrected chi connectivity index (χ2v) is 4.43. The van der Waals surface area contributed by atoms with Crippen LogP contribution in [0.4, 0.5) is 0 Å². The van der Waals surface area contributed by atoms with E-state index < -0.39 is 0 Å². The predicted octanol–water partition coefficient (Wildman–Crippen LogP) is 2.05. The fourth-order valence-corrected chi connectivity index (χ4v) is 1.65. The lowest BCUT2D eigenvalue weighted by Gasteiger charge is -2.04. The van der Waals surface area contributed by atoms with Crippen LogP contribution in [-0.4, -0.2) is 20.7 Å². The molecular weight excluding hydrogens is 275 g/mol. The Kier molecular flexibility index (Phi) is 3.84. The van der Waals surface area contributed by atoms with E-state index in [9.17, 15) is 4.79 Å². The molecule has 1 amide bonds. The summed E-state index contributed by atoms with van der Waals surface area (Å²) in [7, 11) is 1.81. The van der Waals surface area contributed by atoms with Crippen molar-refractivity contribution in [2.75, 3.05) is 0 Å². The van der Waals surface area contributed by atoms with Crippen molar-refractivity contribution in [2.45, 2.75) is 6.54 Å². The molecule has 0 aliphatic heterocycles. The predicted molar refractivity (Wildman–Crippen MR) is 68.6 cm³/mol. The Balaban J connectivity index is 2.01. The zero-order valence-corrected chi connectivity index (χ0v) is 11.0. The quantitative estimate of drug-likeness (QED) is 0.878. The molecule has 0 saturated heterocycles. The number of hydrogen-bond acceptors (Lipinski definition) is 3. The van der Waals surface area contributed by atoms with Crippen molar-refractivity contribution in [1.82, 2.24) is 20.1 Å². The van der Waals surface area contributed by atoms with E-state index in [-0.39, 0.29) is 16.1 Å². The van der Waals surface area contributed by atoms with Gasteiger partial charge in [-0.2, -0.15) is 5.10 Å². The van der Waals surface area contributed by atoms with Crippen molar-refractivity contribution in [1.29, 1.82) is 0 Å². The van der Waals surface area contributed by atoms with E-state index in [0.29, 0.717) is 12.1 Å². The summed E-state index contributed by atoms with van der Waals surface area (Å²) in [6.45, 7) is 0.347. The van der Waals surface area contributed by atoms with Gasteiger partial charge in [-0.15, -0.1) is 0 Å². The van der Waals surface area contributed by atoms with Crippen LogP contribution in [0.3, 0.4) is 0 Å². The van der Waals surface area contributed by atoms with Crippen molar-refractivity contribution in [2.24, 2.45) is 7.05 Å². The maximum absolute atomic E-state index is 11.8. The van der Waals surface area contributed by atoms with Gasteiger partial charge in [-0.3, -0.25) is 9.48 Å². The SMILES string of the molecule is Cn1ccc(CNC(=O)c2cnc(Cl)c(Cl)c2)n1. The van der Waals surface area contributed by atoms with Crippen molar-refractivity contribution >= 4 is 29.1 Å². The van der Waals surface area contributed by atoms with E-state index in [1.165, 1.54) is 12.3 Å². The number of amides is 1. The normalized spacial score (nSPS) is 10.4. The molecule has 0 saturated carbocycles. The van der Waals surface area contributed by atoms with Gasteiger partial charge in [0.25, 0.3) is 5.91 Å². The number of aromatic nitrogens is 3. The maximum Gasteiger partial charge on any atom is 0.253 e. The smallest absolute Gasteiger partial charge is 0.253 e. The minimum absolute atomic E-state index is 0.179. The molecule has 0 unspecified atom stereocenters. The minimum atomic E-state index is -0.272. The summed E-state index contributed by atoms with van der Waals surface area (Å²) in [5, 5.41) is 7.30. The van der Waals surface area contributed by atoms with Gasteiger partial charge < -0.3 is 5.32 Å². The lowest BCUT2D eigenvalue weighted by Crippen LogP contribution is -2.23. The standard InChI is InChI=1S/C11H10Cl2N4O/c1-17-3-2-8(16-17)6-15-11(18)7-4-9(12)10(13)14-5-7/h2-5H,6H2,1H3,(H,15,18). The number of nitrogens with one attached hydrogen (secondary N) is 1. The summed E-state index contributed by atoms with van der Waals surface area (Å²) in [6, 6.07) is 3.30. The first-order valence-corrected chi connectivity index (χ1v) is 5.89. The van der Waals surface area contributed by atoms with Crippen LogP contribution in [0.25, 0.3) is 0 Å². The highest BCUT2D eigenvalue weighted by Gasteiger charge is 2.09. The van der Waals surface area contributed by atoms with Crippen LogP contribution < -0.4 is 5.32 Å². The van der Waals surface area contributed by atoms with Gasteiger partial charge in [0.15, 0.2) is 0 Å². The van der Waals surface area contributed by atoms with Crippen LogP contribution in [0.2, 0.25) is 10.2 Å². The van der Waals surface area contributed by atoms with Crippen LogP contribution in [-0.2, 0) is 13.6 Å². The molecule has 2 aromatic heterocycles. The molecule has 2 aromatic rings. The van der Waals surface area contributed by atoms with Gasteiger partial charge in [-0.1, -0.05) is 23.2 Å². The summed E-state index contributed by atoms with van der Waals surface area (Å²) >= 11 is 11.5. The Labute approximate surface area is 114 Å². The molecule has 0 aliphatic rings. The highest BCUT2D eigenvalue weighted by molar-refractivity contribution is 6.41. The van der Waals surface area contributed by atoms with Crippen LogP contribution in [0.5, 0.6) is 0 Å². The van der Waals surface area contributed by atoms with Crippen LogP contribution in [0.1, 0.15) is 16.1 Å². The third-order valence-electron chi connectivity index (χ3n) is 2.26. The third-order valence-corrected chi connectivity index (χ3v) is 2.94. The average molecular weight is 285 g/mol. The molecule has 7 heteroatoms. The van der Waals surface area contributed by atoms with E-state index in [0.717, 1.165) is 5.69 Å². The fraction of sp³-hybridized carbons (Fsp3) is 0.182. The molecule has 1 N–H and O–H groups in total. The van der Waals surface area contributed by atoms with Gasteiger partial charge in [0, 0.05) is 19.4 Å². The van der Waals surface area contributed by atoms with Crippen LogP contribution in [0.15, 0.2) is 24.5 Å². The number of hydrogen-bond donors (Lipinski definition) is 1. The van der Waals surface area contributed by atoms with Crippen molar-refractivity contribution in [3.63, 3.8) is 0 Å². The van der Waals surface area contributed by atoms with Gasteiger partial charge >= 0.3 is 0 Å². The first-order chi connectivity index (χ1) is 8.56. The van der Waals surface area contributed by atoms with Crippen LogP contribution >= 0.6 is 23.2 Å². The summed E-state index contributed by atoms with van der Waals surface area (Å²) in [6.07, 6.45) is 3.18. The molecule has 0 bridgehead atoms. The molecule has 0 atom stereocenters. The van der Waals surface area contributed by atoms with E-state index in [2.05, 4.69) is 15.4 Å². The lowest BCUT2D eigenvalue weighted by molar-refractivity contribution is 0.0950. The number of carbonyl (C=O) groups excluding carboxylic acids is 1. The van der Waals surface area contributed by atoms with Crippen molar-refractivity contribution in [3.05, 3.63) is 46.0 Å². The Morgan fingerprint density at radius 1 is 1.50 bits per heavy atom. The molecule has 0 aromatic carbocycles. The van der Waals surface area contributed by atoms with E-state index in [1.54, 1.807) is 4.68 Å². The zero-order chi connectivity index (χ0) is 13.1. The molecular formula is C11H10Cl2N4O. The van der Waals surface area contributed by atoms with Crippen molar-refractivity contribution in [3.8, 4) is 0 Å². The fourth-order valence-electron chi connectivity index (χ4n) is 1.38. The molecule has 0 radical (unpaired) electrons. The number of carbonyl (C=O) groups is 1. The van der Waals surface area contributed by atoms with Gasteiger partial charge in [0.1, 0.15) is 5.15 Å². The lowest BCUT2D eigenvalue weighted by atomic mass is 10.2. The average Bonchev–Trinajstić information content (AvgIpc) is 2.75. The number of nitrogens with zero attached hydrogens (tertiary/aromatic N) is 3. The zero-order valence-electron chi connectivity index (χ0n) is 9.52. The largest absolute Gasteiger partial charge is 0.346 e. The third kappa shape index (κ3) is 3.00. The molecule has 94 valence electrons. The Morgan fingerprint density at radius 2 is 2.28 bits per heavy atom. The highest BCUT2D eigenvalue weighted by atomic mass is 35.5. The van der Waals surface area contributed by atoms with E-state index in [4.69, 9.17) is 23.2 Å². The number of rotatable bonds is 3. The summed E-state index contributed by atoms with van der Waals surface area (Å²) < 4.78 is 1.67. The summed E-state index contributed by atoms with van der Waals surface area (Å²) in [5.74, 6) is -0.272. The molecule has 18 heavy (non-hydrogen) atoms. The molecule has 2 heterocycles. The minimum Gasteiger partial charge on any atom is -0.346 e. The Bertz CT molecular complexity index is 582. The molecule has 0 aliphatic carbocycles. The van der Waals surface area contributed by atoms with Gasteiger partial charge in [-0.25, -0.2) is 4.98 Å². The van der Waals surface area contributed by atoms with E-state index >= 15 is 0 Å². The topological polar surface area (TPSA) is 59.8 Å². The van der Waals surface area contributed by atoms with E-state index in [1.807, 2.05) is 19.3 Å². The summed E-state index contributed by atoms with van der Waals surface area (Å²) in [5.41, 5.74) is 1.14. The van der Waals surface area contributed by atoms with Crippen molar-refractivity contribution < 1.29 is 4.79 Å². The molecule has 5 nitrogen and oxygen atoms in total. The second-order valence-electron chi connectivity index (χ2n) is 3.66. The van der Waals surface area contributed by atoms with Gasteiger partial charge in [0.2, 0.25) is 0 Å². The number of pyridine rings is 1. The maximum atomic E-state index is 11.8. The monoisotopic (exact) mass is 284 g/mol. The summed E-state index contributed by atoms with van der Waals surface area (Å²) in [4.78, 5) is 15.6. The number of halogens is 2. The highest BCUT2D eigenvalue weighted by Crippen LogP contribution is 2.19. The van der Waals surface area contributed by atoms with Gasteiger partial charge in [-0.05, 0) is 12.1 Å². The van der Waals surface area contributed by atoms with Crippen LogP contribution in [0, 0.1) is 0 Å². The second kappa shape index (κ2) is 5.37. The first-order valence-electron chi connectivity index (χ1n) is 5.14. The molecule has 2 rings (SSSR count). The number of aryl methyl sites for hydroxylation is 1. The molecule has 0 fully saturated rings. The molecule has 0 spiro atoms. The van der Waals surface area contributed by atoms with Gasteiger partial charge in [0.05, 0.1) is 22.8 Å². The Morgan fingerprint density at radius 3 is 2.89 bits per heavy atom. The Hall–Kier alpha value is -1.59. The first kappa shape index (κ1) is 12.9.